The molecule has 1 aliphatic rings. The molecule has 1 fully saturated rings. The molecular formula is C24H35N3O5S. The van der Waals surface area contributed by atoms with Gasteiger partial charge in [-0.05, 0) is 56.3 Å². The molecule has 0 aliphatic carbocycles. The van der Waals surface area contributed by atoms with Crippen molar-refractivity contribution in [1.82, 2.24) is 15.2 Å². The van der Waals surface area contributed by atoms with Gasteiger partial charge in [0.25, 0.3) is 0 Å². The Hall–Kier alpha value is -2.39. The fourth-order valence-corrected chi connectivity index (χ4v) is 5.74. The van der Waals surface area contributed by atoms with Gasteiger partial charge in [0.2, 0.25) is 11.8 Å². The van der Waals surface area contributed by atoms with E-state index in [2.05, 4.69) is 29.0 Å². The van der Waals surface area contributed by atoms with Gasteiger partial charge in [0.1, 0.15) is 17.3 Å². The molecule has 0 radical (unpaired) electrons. The Labute approximate surface area is 196 Å². The Balaban J connectivity index is 1.48. The number of nitrogens with one attached hydrogen (secondary N) is 1. The molecule has 0 unspecified atom stereocenters. The summed E-state index contributed by atoms with van der Waals surface area (Å²) in [5, 5.41) is 2.74. The third kappa shape index (κ3) is 7.57. The highest BCUT2D eigenvalue weighted by Crippen LogP contribution is 2.26. The molecule has 1 aromatic carbocycles. The molecule has 9 heteroatoms. The first-order valence-corrected chi connectivity index (χ1v) is 13.3. The van der Waals surface area contributed by atoms with Crippen LogP contribution in [0.1, 0.15) is 38.1 Å². The second kappa shape index (κ2) is 11.2. The first kappa shape index (κ1) is 25.2. The fourth-order valence-electron chi connectivity index (χ4n) is 4.46. The van der Waals surface area contributed by atoms with Crippen molar-refractivity contribution in [3.05, 3.63) is 35.7 Å². The summed E-state index contributed by atoms with van der Waals surface area (Å²) >= 11 is 0. The monoisotopic (exact) mass is 477 g/mol. The van der Waals surface area contributed by atoms with Crippen molar-refractivity contribution in [3.8, 4) is 17.2 Å². The van der Waals surface area contributed by atoms with Gasteiger partial charge in [0, 0.05) is 25.2 Å². The number of hydrogen-bond acceptors (Lipinski definition) is 7. The van der Waals surface area contributed by atoms with Crippen LogP contribution in [-0.4, -0.2) is 63.3 Å². The van der Waals surface area contributed by atoms with Crippen molar-refractivity contribution >= 4 is 15.7 Å². The van der Waals surface area contributed by atoms with Crippen molar-refractivity contribution in [2.24, 2.45) is 11.8 Å². The summed E-state index contributed by atoms with van der Waals surface area (Å²) < 4.78 is 36.1. The van der Waals surface area contributed by atoms with Gasteiger partial charge in [-0.1, -0.05) is 19.9 Å². The highest BCUT2D eigenvalue weighted by atomic mass is 32.2. The zero-order valence-corrected chi connectivity index (χ0v) is 20.8. The Morgan fingerprint density at radius 2 is 2.00 bits per heavy atom. The van der Waals surface area contributed by atoms with Gasteiger partial charge in [-0.15, -0.1) is 0 Å². The lowest BCUT2D eigenvalue weighted by atomic mass is 9.92. The normalized spacial score (nSPS) is 19.4. The average Bonchev–Trinajstić information content (AvgIpc) is 3.10. The van der Waals surface area contributed by atoms with Gasteiger partial charge >= 0.3 is 0 Å². The SMILES string of the molecule is COc1cccc(-c2nc(CS(=O)(=O)CC(=O)NCCCN3C[C@H](C)C[C@@H](C)C3)c(C)o2)c1. The van der Waals surface area contributed by atoms with E-state index in [1.165, 1.54) is 6.42 Å². The number of methoxy groups -OCH3 is 1. The Morgan fingerprint density at radius 3 is 2.70 bits per heavy atom. The summed E-state index contributed by atoms with van der Waals surface area (Å²) in [6, 6.07) is 7.19. The largest absolute Gasteiger partial charge is 0.497 e. The number of ether oxygens (including phenoxy) is 1. The zero-order valence-electron chi connectivity index (χ0n) is 20.0. The van der Waals surface area contributed by atoms with Crippen molar-refractivity contribution < 1.29 is 22.4 Å². The van der Waals surface area contributed by atoms with Crippen molar-refractivity contribution in [2.45, 2.75) is 39.4 Å². The smallest absolute Gasteiger partial charge is 0.235 e. The molecule has 1 amide bonds. The van der Waals surface area contributed by atoms with E-state index < -0.39 is 21.5 Å². The molecule has 2 heterocycles. The molecular weight excluding hydrogens is 442 g/mol. The summed E-state index contributed by atoms with van der Waals surface area (Å²) in [5.41, 5.74) is 1.00. The number of benzene rings is 1. The molecule has 0 spiro atoms. The number of nitrogens with zero attached hydrogens (tertiary/aromatic N) is 2. The van der Waals surface area contributed by atoms with Crippen LogP contribution >= 0.6 is 0 Å². The molecule has 2 atom stereocenters. The highest BCUT2D eigenvalue weighted by molar-refractivity contribution is 7.91. The number of amides is 1. The van der Waals surface area contributed by atoms with Gasteiger partial charge in [-0.25, -0.2) is 13.4 Å². The molecule has 3 rings (SSSR count). The van der Waals surface area contributed by atoms with E-state index in [9.17, 15) is 13.2 Å². The summed E-state index contributed by atoms with van der Waals surface area (Å²) in [7, 11) is -2.11. The van der Waals surface area contributed by atoms with E-state index in [4.69, 9.17) is 9.15 Å². The van der Waals surface area contributed by atoms with E-state index in [0.29, 0.717) is 47.0 Å². The molecule has 1 aliphatic heterocycles. The van der Waals surface area contributed by atoms with Crippen molar-refractivity contribution in [2.75, 3.05) is 39.0 Å². The third-order valence-corrected chi connectivity index (χ3v) is 7.25. The molecule has 8 nitrogen and oxygen atoms in total. The summed E-state index contributed by atoms with van der Waals surface area (Å²) in [5.74, 6) is 1.39. The Bertz CT molecular complexity index is 1040. The van der Waals surface area contributed by atoms with Crippen LogP contribution in [0.3, 0.4) is 0 Å². The van der Waals surface area contributed by atoms with E-state index in [-0.39, 0.29) is 5.75 Å². The number of oxazole rings is 1. The molecule has 1 saturated heterocycles. The van der Waals surface area contributed by atoms with Crippen LogP contribution in [0.4, 0.5) is 0 Å². The van der Waals surface area contributed by atoms with Crippen LogP contribution in [0.15, 0.2) is 28.7 Å². The van der Waals surface area contributed by atoms with Gasteiger partial charge in [0.15, 0.2) is 9.84 Å². The van der Waals surface area contributed by atoms with Gasteiger partial charge in [0.05, 0.1) is 18.6 Å². The first-order valence-electron chi connectivity index (χ1n) is 11.5. The lowest BCUT2D eigenvalue weighted by Crippen LogP contribution is -2.40. The minimum Gasteiger partial charge on any atom is -0.497 e. The maximum Gasteiger partial charge on any atom is 0.235 e. The molecule has 1 N–H and O–H groups in total. The minimum absolute atomic E-state index is 0.314. The number of likely N-dealkylation sites (tertiary alicyclic amines) is 1. The second-order valence-electron chi connectivity index (χ2n) is 9.20. The van der Waals surface area contributed by atoms with Gasteiger partial charge < -0.3 is 19.4 Å². The van der Waals surface area contributed by atoms with Gasteiger partial charge in [-0.3, -0.25) is 4.79 Å². The molecule has 0 bridgehead atoms. The Kier molecular flexibility index (Phi) is 8.53. The average molecular weight is 478 g/mol. The quantitative estimate of drug-likeness (QED) is 0.525. The molecule has 2 aromatic rings. The molecule has 182 valence electrons. The summed E-state index contributed by atoms with van der Waals surface area (Å²) in [4.78, 5) is 19.0. The number of aryl methyl sites for hydroxylation is 1. The van der Waals surface area contributed by atoms with Gasteiger partial charge in [-0.2, -0.15) is 0 Å². The number of sulfone groups is 1. The number of carbonyl (C=O) groups is 1. The maximum absolute atomic E-state index is 12.6. The maximum atomic E-state index is 12.6. The first-order chi connectivity index (χ1) is 15.6. The number of rotatable bonds is 10. The summed E-state index contributed by atoms with van der Waals surface area (Å²) in [6.07, 6.45) is 2.06. The topological polar surface area (TPSA) is 102 Å². The molecule has 1 aromatic heterocycles. The second-order valence-corrected chi connectivity index (χ2v) is 11.3. The number of aromatic nitrogens is 1. The Morgan fingerprint density at radius 1 is 1.27 bits per heavy atom. The van der Waals surface area contributed by atoms with Crippen LogP contribution in [-0.2, 0) is 20.4 Å². The minimum atomic E-state index is -3.68. The zero-order chi connectivity index (χ0) is 24.0. The summed E-state index contributed by atoms with van der Waals surface area (Å²) in [6.45, 7) is 9.76. The fraction of sp³-hybridized carbons (Fsp3) is 0.583. The van der Waals surface area contributed by atoms with E-state index in [1.807, 2.05) is 6.07 Å². The number of piperidine rings is 1. The standard InChI is InChI=1S/C24H35N3O5S/c1-17-11-18(2)14-27(13-17)10-6-9-25-23(28)16-33(29,30)15-22-19(3)32-24(26-22)20-7-5-8-21(12-20)31-4/h5,7-8,12,17-18H,6,9-11,13-16H2,1-4H3,(H,25,28)/t17-,18-/m1/s1. The predicted molar refractivity (Wildman–Crippen MR) is 128 cm³/mol. The van der Waals surface area contributed by atoms with E-state index >= 15 is 0 Å². The van der Waals surface area contributed by atoms with Crippen LogP contribution < -0.4 is 10.1 Å². The third-order valence-electron chi connectivity index (χ3n) is 5.83. The van der Waals surface area contributed by atoms with Crippen molar-refractivity contribution in [1.29, 1.82) is 0 Å². The van der Waals surface area contributed by atoms with E-state index in [1.54, 1.807) is 32.2 Å². The number of carbonyl (C=O) groups excluding carboxylic acids is 1. The van der Waals surface area contributed by atoms with Crippen LogP contribution in [0.2, 0.25) is 0 Å². The van der Waals surface area contributed by atoms with E-state index in [0.717, 1.165) is 26.1 Å². The van der Waals surface area contributed by atoms with Crippen LogP contribution in [0, 0.1) is 18.8 Å². The highest BCUT2D eigenvalue weighted by Gasteiger charge is 2.23. The lowest BCUT2D eigenvalue weighted by Gasteiger charge is -2.34. The van der Waals surface area contributed by atoms with Crippen LogP contribution in [0.5, 0.6) is 5.75 Å². The van der Waals surface area contributed by atoms with Crippen LogP contribution in [0.25, 0.3) is 11.5 Å². The van der Waals surface area contributed by atoms with Crippen molar-refractivity contribution in [3.63, 3.8) is 0 Å². The molecule has 33 heavy (non-hydrogen) atoms. The number of hydrogen-bond donors (Lipinski definition) is 1. The predicted octanol–water partition coefficient (Wildman–Crippen LogP) is 3.06. The lowest BCUT2D eigenvalue weighted by molar-refractivity contribution is -0.118. The molecule has 0 saturated carbocycles.